The maximum Gasteiger partial charge on any atom is 0.348 e. The molecule has 0 spiro atoms. The van der Waals surface area contributed by atoms with Gasteiger partial charge in [0, 0.05) is 0 Å². The number of thiophene rings is 2. The highest BCUT2D eigenvalue weighted by Gasteiger charge is 2.11. The third kappa shape index (κ3) is 4.21. The van der Waals surface area contributed by atoms with E-state index in [4.69, 9.17) is 28.7 Å². The molecular formula is C12H9Cl2NO3S2. The Morgan fingerprint density at radius 1 is 1.15 bits per heavy atom. The topological polar surface area (TPSA) is 55.4 Å². The molecule has 1 N–H and O–H groups in total. The summed E-state index contributed by atoms with van der Waals surface area (Å²) in [4.78, 5) is 23.9. The predicted molar refractivity (Wildman–Crippen MR) is 81.3 cm³/mol. The molecule has 2 aromatic heterocycles. The van der Waals surface area contributed by atoms with E-state index >= 15 is 0 Å². The Morgan fingerprint density at radius 2 is 1.75 bits per heavy atom. The van der Waals surface area contributed by atoms with Crippen LogP contribution in [0.4, 0.5) is 0 Å². The van der Waals surface area contributed by atoms with Crippen LogP contribution in [-0.4, -0.2) is 24.9 Å². The van der Waals surface area contributed by atoms with Gasteiger partial charge in [0.05, 0.1) is 25.5 Å². The average Bonchev–Trinajstić information content (AvgIpc) is 3.06. The van der Waals surface area contributed by atoms with E-state index in [1.54, 1.807) is 0 Å². The maximum absolute atomic E-state index is 12.0. The summed E-state index contributed by atoms with van der Waals surface area (Å²) in [5.74, 6) is -1.97. The molecule has 0 aliphatic rings. The lowest BCUT2D eigenvalue weighted by atomic mass is 10.4. The molecule has 1 amide bonds. The van der Waals surface area contributed by atoms with Gasteiger partial charge < -0.3 is 10.1 Å². The normalized spacial score (nSPS) is 14.7. The summed E-state index contributed by atoms with van der Waals surface area (Å²) >= 11 is 13.1. The van der Waals surface area contributed by atoms with Gasteiger partial charge in [0.25, 0.3) is 5.91 Å². The van der Waals surface area contributed by atoms with Crippen LogP contribution in [0.3, 0.4) is 0 Å². The van der Waals surface area contributed by atoms with Crippen molar-refractivity contribution in [1.82, 2.24) is 5.32 Å². The molecule has 0 fully saturated rings. The van der Waals surface area contributed by atoms with E-state index in [9.17, 15) is 9.59 Å². The van der Waals surface area contributed by atoms with Crippen molar-refractivity contribution < 1.29 is 19.8 Å². The van der Waals surface area contributed by atoms with E-state index in [2.05, 4.69) is 4.74 Å². The standard InChI is InChI=1S/C12H9Cl2NO3S2/c13-9-3-1-7(19-9)11(16)15-5-6-18-12(17)8-2-4-10(14)20-8/h1-4H,5-6H2,(H,15,16)/i5D2,6D2. The molecule has 4 nitrogen and oxygen atoms in total. The second kappa shape index (κ2) is 7.08. The zero-order chi connectivity index (χ0) is 18.1. The molecule has 0 aliphatic heterocycles. The van der Waals surface area contributed by atoms with Gasteiger partial charge in [-0.1, -0.05) is 23.2 Å². The van der Waals surface area contributed by atoms with E-state index in [-0.39, 0.29) is 9.75 Å². The lowest BCUT2D eigenvalue weighted by molar-refractivity contribution is 0.0509. The largest absolute Gasteiger partial charge is 0.460 e. The summed E-state index contributed by atoms with van der Waals surface area (Å²) in [5, 5.41) is 1.86. The van der Waals surface area contributed by atoms with Crippen LogP contribution in [0.1, 0.15) is 24.8 Å². The fraction of sp³-hybridized carbons (Fsp3) is 0.167. The Balaban J connectivity index is 2.10. The predicted octanol–water partition coefficient (Wildman–Crippen LogP) is 3.70. The van der Waals surface area contributed by atoms with Gasteiger partial charge in [0.1, 0.15) is 11.4 Å². The Hall–Kier alpha value is -1.08. The Morgan fingerprint density at radius 3 is 2.30 bits per heavy atom. The summed E-state index contributed by atoms with van der Waals surface area (Å²) in [6, 6.07) is 5.57. The molecule has 0 bridgehead atoms. The summed E-state index contributed by atoms with van der Waals surface area (Å²) in [6.07, 6.45) is 0. The minimum absolute atomic E-state index is 0.0102. The number of amides is 1. The molecule has 2 aromatic rings. The lowest BCUT2D eigenvalue weighted by Crippen LogP contribution is -2.27. The minimum Gasteiger partial charge on any atom is -0.460 e. The van der Waals surface area contributed by atoms with Gasteiger partial charge in [0.15, 0.2) is 0 Å². The molecule has 106 valence electrons. The highest BCUT2D eigenvalue weighted by atomic mass is 35.5. The summed E-state index contributed by atoms with van der Waals surface area (Å²) in [7, 11) is 0. The third-order valence-corrected chi connectivity index (χ3v) is 4.38. The number of nitrogens with one attached hydrogen (secondary N) is 1. The van der Waals surface area contributed by atoms with Crippen molar-refractivity contribution in [3.05, 3.63) is 42.7 Å². The average molecular weight is 354 g/mol. The van der Waals surface area contributed by atoms with Crippen molar-refractivity contribution in [3.63, 3.8) is 0 Å². The summed E-state index contributed by atoms with van der Waals surface area (Å²) < 4.78 is 35.9. The molecule has 0 unspecified atom stereocenters. The highest BCUT2D eigenvalue weighted by molar-refractivity contribution is 7.18. The van der Waals surface area contributed by atoms with Gasteiger partial charge in [-0.3, -0.25) is 4.79 Å². The lowest BCUT2D eigenvalue weighted by Gasteiger charge is -2.04. The molecule has 0 saturated heterocycles. The highest BCUT2D eigenvalue weighted by Crippen LogP contribution is 2.22. The quantitative estimate of drug-likeness (QED) is 0.833. The van der Waals surface area contributed by atoms with E-state index < -0.39 is 24.9 Å². The SMILES string of the molecule is [2H]C([2H])(NC(=O)c1ccc(Cl)s1)C([2H])([2H])OC(=O)c1ccc(Cl)s1. The first kappa shape index (κ1) is 10.6. The van der Waals surface area contributed by atoms with Crippen LogP contribution in [0, 0.1) is 0 Å². The molecule has 2 heterocycles. The number of carbonyl (C=O) groups is 2. The van der Waals surface area contributed by atoms with Crippen molar-refractivity contribution in [2.24, 2.45) is 0 Å². The first-order valence-electron chi connectivity index (χ1n) is 7.08. The van der Waals surface area contributed by atoms with Crippen LogP contribution in [0.15, 0.2) is 24.3 Å². The second-order valence-electron chi connectivity index (χ2n) is 3.28. The molecule has 0 aromatic carbocycles. The van der Waals surface area contributed by atoms with Crippen LogP contribution < -0.4 is 5.32 Å². The molecule has 0 radical (unpaired) electrons. The summed E-state index contributed by atoms with van der Waals surface area (Å²) in [6.45, 7) is -6.09. The van der Waals surface area contributed by atoms with Gasteiger partial charge in [-0.2, -0.15) is 0 Å². The number of hydrogen-bond donors (Lipinski definition) is 1. The molecular weight excluding hydrogens is 341 g/mol. The van der Waals surface area contributed by atoms with Crippen LogP contribution in [0.25, 0.3) is 0 Å². The van der Waals surface area contributed by atoms with Crippen molar-refractivity contribution in [1.29, 1.82) is 0 Å². The van der Waals surface area contributed by atoms with Gasteiger partial charge in [0.2, 0.25) is 0 Å². The first-order chi connectivity index (χ1) is 11.0. The van der Waals surface area contributed by atoms with Gasteiger partial charge in [-0.25, -0.2) is 4.79 Å². The molecule has 2 rings (SSSR count). The number of carbonyl (C=O) groups excluding carboxylic acids is 2. The maximum atomic E-state index is 12.0. The Labute approximate surface area is 138 Å². The number of halogens is 2. The first-order valence-corrected chi connectivity index (χ1v) is 7.47. The number of rotatable bonds is 5. The van der Waals surface area contributed by atoms with E-state index in [0.717, 1.165) is 22.7 Å². The third-order valence-electron chi connectivity index (χ3n) is 1.94. The van der Waals surface area contributed by atoms with Crippen LogP contribution in [0.5, 0.6) is 0 Å². The molecule has 8 heteroatoms. The van der Waals surface area contributed by atoms with Crippen molar-refractivity contribution in [3.8, 4) is 0 Å². The minimum atomic E-state index is -3.11. The second-order valence-corrected chi connectivity index (χ2v) is 6.71. The van der Waals surface area contributed by atoms with Gasteiger partial charge in [-0.05, 0) is 24.3 Å². The van der Waals surface area contributed by atoms with Gasteiger partial charge >= 0.3 is 5.97 Å². The number of ether oxygens (including phenoxy) is 1. The van der Waals surface area contributed by atoms with Crippen molar-refractivity contribution in [2.45, 2.75) is 0 Å². The van der Waals surface area contributed by atoms with Crippen molar-refractivity contribution >= 4 is 57.8 Å². The van der Waals surface area contributed by atoms with E-state index in [1.165, 1.54) is 24.3 Å². The van der Waals surface area contributed by atoms with Crippen LogP contribution in [-0.2, 0) is 4.74 Å². The van der Waals surface area contributed by atoms with Crippen molar-refractivity contribution in [2.75, 3.05) is 13.1 Å². The zero-order valence-corrected chi connectivity index (χ0v) is 12.8. The van der Waals surface area contributed by atoms with Gasteiger partial charge in [-0.15, -0.1) is 22.7 Å². The van der Waals surface area contributed by atoms with Crippen LogP contribution in [0.2, 0.25) is 8.67 Å². The smallest absolute Gasteiger partial charge is 0.348 e. The summed E-state index contributed by atoms with van der Waals surface area (Å²) in [5.41, 5.74) is 0. The number of esters is 1. The fourth-order valence-electron chi connectivity index (χ4n) is 1.13. The molecule has 0 atom stereocenters. The fourth-order valence-corrected chi connectivity index (χ4v) is 2.98. The van der Waals surface area contributed by atoms with E-state index in [0.29, 0.717) is 8.67 Å². The monoisotopic (exact) mass is 353 g/mol. The zero-order valence-electron chi connectivity index (χ0n) is 13.6. The number of hydrogen-bond acceptors (Lipinski definition) is 5. The van der Waals surface area contributed by atoms with Crippen LogP contribution >= 0.6 is 45.9 Å². The molecule has 20 heavy (non-hydrogen) atoms. The van der Waals surface area contributed by atoms with E-state index in [1.807, 2.05) is 5.32 Å². The Kier molecular flexibility index (Phi) is 3.76. The molecule has 0 aliphatic carbocycles. The Bertz CT molecular complexity index is 714. The molecule has 0 saturated carbocycles.